The van der Waals surface area contributed by atoms with E-state index in [1.54, 1.807) is 30.5 Å². The summed E-state index contributed by atoms with van der Waals surface area (Å²) in [4.78, 5) is 45.9. The van der Waals surface area contributed by atoms with Gasteiger partial charge in [-0.3, -0.25) is 14.3 Å². The molecule has 332 valence electrons. The summed E-state index contributed by atoms with van der Waals surface area (Å²) in [5, 5.41) is 20.1. The molecule has 4 heterocycles. The Kier molecular flexibility index (Phi) is 16.1. The largest absolute Gasteiger partial charge is 0.458 e. The molecule has 1 aromatic carbocycles. The monoisotopic (exact) mass is 829 g/mol. The summed E-state index contributed by atoms with van der Waals surface area (Å²) in [6, 6.07) is 6.84. The molecule has 4 unspecified atom stereocenters. The van der Waals surface area contributed by atoms with E-state index in [0.717, 1.165) is 17.7 Å². The number of nitrogen functional groups attached to an aromatic ring is 1. The zero-order chi connectivity index (χ0) is 42.7. The van der Waals surface area contributed by atoms with Gasteiger partial charge in [0.2, 0.25) is 0 Å². The average Bonchev–Trinajstić information content (AvgIpc) is 3.75. The average molecular weight is 829 g/mol. The molecular weight excluding hydrogens is 757 g/mol. The van der Waals surface area contributed by atoms with Gasteiger partial charge in [0, 0.05) is 43.4 Å². The fraction of sp³-hybridized carbons (Fsp3) is 0.750. The molecule has 0 saturated carbocycles. The third kappa shape index (κ3) is 10.5. The number of aryl methyl sites for hydroxylation is 1. The number of hydrogen-bond acceptors (Lipinski definition) is 13. The first-order chi connectivity index (χ1) is 27.3. The van der Waals surface area contributed by atoms with Crippen molar-refractivity contribution in [3.05, 3.63) is 30.5 Å². The second-order valence-electron chi connectivity index (χ2n) is 17.8. The van der Waals surface area contributed by atoms with Crippen LogP contribution in [0.4, 0.5) is 10.5 Å². The van der Waals surface area contributed by atoms with Crippen LogP contribution >= 0.6 is 0 Å². The van der Waals surface area contributed by atoms with Crippen LogP contribution in [0.25, 0.3) is 11.3 Å². The molecule has 0 spiro atoms. The molecule has 3 N–H and O–H groups in total. The van der Waals surface area contributed by atoms with E-state index >= 15 is 0 Å². The number of hydrogen-bond donors (Lipinski definition) is 2. The first-order valence-electron chi connectivity index (χ1n) is 21.0. The summed E-state index contributed by atoms with van der Waals surface area (Å²) in [7, 11) is 5.41. The number of aliphatic hydroxyl groups excluding tert-OH is 1. The van der Waals surface area contributed by atoms with Gasteiger partial charge < -0.3 is 44.3 Å². The normalized spacial score (nSPS) is 36.1. The molecule has 3 saturated heterocycles. The number of ether oxygens (including phenoxy) is 5. The molecule has 1 amide bonds. The van der Waals surface area contributed by atoms with Gasteiger partial charge >= 0.3 is 12.1 Å². The van der Waals surface area contributed by atoms with Gasteiger partial charge in [-0.2, -0.15) is 0 Å². The molecule has 2 aromatic rings. The molecule has 15 heteroatoms. The molecular formula is C44H72N6O9. The number of benzene rings is 1. The number of amides is 1. The van der Waals surface area contributed by atoms with Crippen LogP contribution in [-0.2, 0) is 39.8 Å². The number of Topliss-reactive ketones (excluding diaryl/α,β-unsaturated/α-hetero) is 1. The summed E-state index contributed by atoms with van der Waals surface area (Å²) in [5.74, 6) is -3.16. The molecule has 3 fully saturated rings. The molecule has 0 aliphatic carbocycles. The quantitative estimate of drug-likeness (QED) is 0.117. The lowest BCUT2D eigenvalue weighted by Gasteiger charge is -2.47. The summed E-state index contributed by atoms with van der Waals surface area (Å²) < 4.78 is 33.4. The van der Waals surface area contributed by atoms with Crippen LogP contribution in [0.1, 0.15) is 101 Å². The van der Waals surface area contributed by atoms with E-state index in [-0.39, 0.29) is 37.2 Å². The Morgan fingerprint density at radius 3 is 2.39 bits per heavy atom. The lowest BCUT2D eigenvalue weighted by atomic mass is 9.74. The van der Waals surface area contributed by atoms with Gasteiger partial charge in [-0.05, 0) is 104 Å². The fourth-order valence-electron chi connectivity index (χ4n) is 9.83. The smallest absolute Gasteiger partial charge is 0.410 e. The topological polar surface area (TPSA) is 181 Å². The number of aromatic nitrogens is 3. The summed E-state index contributed by atoms with van der Waals surface area (Å²) in [6.45, 7) is 16.2. The Balaban J connectivity index is 0.00000769. The fourth-order valence-corrected chi connectivity index (χ4v) is 9.83. The number of cyclic esters (lactones) is 1. The van der Waals surface area contributed by atoms with E-state index in [9.17, 15) is 19.5 Å². The maximum Gasteiger partial charge on any atom is 0.410 e. The molecule has 5 rings (SSSR count). The molecule has 1 aromatic heterocycles. The zero-order valence-electron chi connectivity index (χ0n) is 36.4. The second-order valence-corrected chi connectivity index (χ2v) is 17.8. The molecule has 13 atom stereocenters. The number of methoxy groups -OCH3 is 1. The predicted octanol–water partition coefficient (Wildman–Crippen LogP) is 5.97. The summed E-state index contributed by atoms with van der Waals surface area (Å²) in [5.41, 5.74) is 6.02. The SMILES string of the molecule is C.CC[C@H]1OC(=O)[C@H](C)C(=O)[C@H](C)[C@@H](O[C@@H]2OC(C)CC(N(C)C)C2O)[C@](C)(OC)CC(C)C[C@H](C)[C@H]2N(CCCCn3cc(-c4cccc(N)c4)nn3)C(=O)O[C@]12C. The number of nitrogens with zero attached hydrogens (tertiary/aromatic N) is 5. The van der Waals surface area contributed by atoms with Crippen LogP contribution < -0.4 is 5.73 Å². The number of esters is 1. The van der Waals surface area contributed by atoms with Crippen molar-refractivity contribution in [2.45, 2.75) is 162 Å². The highest BCUT2D eigenvalue weighted by Crippen LogP contribution is 2.44. The van der Waals surface area contributed by atoms with E-state index in [0.29, 0.717) is 50.9 Å². The van der Waals surface area contributed by atoms with Gasteiger partial charge in [-0.25, -0.2) is 4.79 Å². The second kappa shape index (κ2) is 19.8. The molecule has 59 heavy (non-hydrogen) atoms. The molecule has 3 aliphatic rings. The lowest BCUT2D eigenvalue weighted by molar-refractivity contribution is -0.295. The van der Waals surface area contributed by atoms with Gasteiger partial charge in [-0.15, -0.1) is 5.10 Å². The number of likely N-dealkylation sites (N-methyl/N-ethyl adjacent to an activating group) is 1. The molecule has 15 nitrogen and oxygen atoms in total. The Bertz CT molecular complexity index is 1720. The number of rotatable bonds is 11. The van der Waals surface area contributed by atoms with Gasteiger partial charge in [0.25, 0.3) is 0 Å². The number of fused-ring (bicyclic) bond motifs is 1. The van der Waals surface area contributed by atoms with Crippen LogP contribution in [0.2, 0.25) is 0 Å². The Morgan fingerprint density at radius 2 is 1.75 bits per heavy atom. The van der Waals surface area contributed by atoms with Crippen molar-refractivity contribution in [3.63, 3.8) is 0 Å². The van der Waals surface area contributed by atoms with Gasteiger partial charge in [0.1, 0.15) is 23.8 Å². The van der Waals surface area contributed by atoms with E-state index in [4.69, 9.17) is 29.4 Å². The van der Waals surface area contributed by atoms with Crippen molar-refractivity contribution in [1.82, 2.24) is 24.8 Å². The number of carbonyl (C=O) groups is 3. The maximum absolute atomic E-state index is 14.3. The highest BCUT2D eigenvalue weighted by atomic mass is 16.7. The van der Waals surface area contributed by atoms with Crippen LogP contribution in [0, 0.1) is 23.7 Å². The van der Waals surface area contributed by atoms with E-state index < -0.39 is 65.7 Å². The van der Waals surface area contributed by atoms with Crippen molar-refractivity contribution in [3.8, 4) is 11.3 Å². The Hall–Kier alpha value is -3.63. The van der Waals surface area contributed by atoms with E-state index in [2.05, 4.69) is 24.2 Å². The lowest BCUT2D eigenvalue weighted by Crippen LogP contribution is -2.59. The van der Waals surface area contributed by atoms with Crippen LogP contribution in [0.3, 0.4) is 0 Å². The predicted molar refractivity (Wildman–Crippen MR) is 225 cm³/mol. The van der Waals surface area contributed by atoms with Gasteiger partial charge in [-0.1, -0.05) is 52.5 Å². The number of carbonyl (C=O) groups excluding carboxylic acids is 3. The molecule has 0 radical (unpaired) electrons. The third-order valence-electron chi connectivity index (χ3n) is 12.9. The van der Waals surface area contributed by atoms with E-state index in [1.165, 1.54) is 0 Å². The Labute approximate surface area is 351 Å². The Morgan fingerprint density at radius 1 is 1.05 bits per heavy atom. The highest BCUT2D eigenvalue weighted by molar-refractivity contribution is 6.00. The van der Waals surface area contributed by atoms with Gasteiger partial charge in [0.15, 0.2) is 17.7 Å². The first-order valence-corrected chi connectivity index (χ1v) is 21.0. The standard InChI is InChI=1S/C43H68N6O9.CH4/c1-12-34-43(8)37(49(41(53)58-43)19-14-13-18-48-24-32(45-46-48)30-16-15-17-31(44)22-30)26(3)20-25(2)23-42(7,54-11)38(28(5)35(50)29(6)39(52)56-34)57-40-36(51)33(47(9)10)21-27(4)55-40;/h15-17,22,24-29,33-34,36-38,40,51H,12-14,18-21,23,44H2,1-11H3;1H4/t25?,26-,27?,28-,29+,33?,34+,36?,37+,38+,40-,42+,43+;/m0./s1. The maximum atomic E-state index is 14.3. The molecule has 3 aliphatic heterocycles. The van der Waals surface area contributed by atoms with Gasteiger partial charge in [0.05, 0.1) is 30.0 Å². The number of nitrogens with two attached hydrogens (primary N) is 1. The van der Waals surface area contributed by atoms with E-state index in [1.807, 2.05) is 77.2 Å². The van der Waals surface area contributed by atoms with Crippen LogP contribution in [0.15, 0.2) is 30.5 Å². The van der Waals surface area contributed by atoms with Crippen molar-refractivity contribution in [2.24, 2.45) is 23.7 Å². The highest BCUT2D eigenvalue weighted by Gasteiger charge is 2.59. The van der Waals surface area contributed by atoms with Crippen molar-refractivity contribution < 1.29 is 43.2 Å². The number of anilines is 1. The summed E-state index contributed by atoms with van der Waals surface area (Å²) >= 11 is 0. The minimum absolute atomic E-state index is 0. The van der Waals surface area contributed by atoms with Crippen molar-refractivity contribution >= 4 is 23.5 Å². The number of aliphatic hydroxyl groups is 1. The van der Waals surface area contributed by atoms with Crippen molar-refractivity contribution in [2.75, 3.05) is 33.5 Å². The molecule has 0 bridgehead atoms. The first kappa shape index (κ1) is 48.0. The minimum Gasteiger partial charge on any atom is -0.458 e. The number of ketones is 1. The third-order valence-corrected chi connectivity index (χ3v) is 12.9. The van der Waals surface area contributed by atoms with Crippen molar-refractivity contribution in [1.29, 1.82) is 0 Å². The van der Waals surface area contributed by atoms with Crippen LogP contribution in [0.5, 0.6) is 0 Å². The summed E-state index contributed by atoms with van der Waals surface area (Å²) in [6.07, 6.45) is 1.03. The number of unbranched alkanes of at least 4 members (excludes halogenated alkanes) is 1. The van der Waals surface area contributed by atoms with Crippen LogP contribution in [-0.4, -0.2) is 129 Å². The zero-order valence-corrected chi connectivity index (χ0v) is 36.4. The minimum atomic E-state index is -1.18.